The number of amides is 1. The third-order valence-electron chi connectivity index (χ3n) is 5.84. The van der Waals surface area contributed by atoms with E-state index >= 15 is 0 Å². The van der Waals surface area contributed by atoms with Crippen LogP contribution in [0.4, 0.5) is 0 Å². The highest BCUT2D eigenvalue weighted by atomic mass is 32.1. The van der Waals surface area contributed by atoms with E-state index in [1.54, 1.807) is 11.3 Å². The average molecular weight is 416 g/mol. The molecule has 4 heterocycles. The molecule has 1 fully saturated rings. The number of likely N-dealkylation sites (N-methyl/N-ethyl adjacent to an activating group) is 1. The molecule has 0 unspecified atom stereocenters. The molecule has 8 heteroatoms. The van der Waals surface area contributed by atoms with Crippen LogP contribution in [0.2, 0.25) is 0 Å². The zero-order chi connectivity index (χ0) is 20.5. The molecule has 7 nitrogen and oxygen atoms in total. The van der Waals surface area contributed by atoms with Crippen molar-refractivity contribution in [2.75, 3.05) is 40.8 Å². The molecule has 2 aliphatic heterocycles. The summed E-state index contributed by atoms with van der Waals surface area (Å²) in [6.07, 6.45) is 1.06. The molecular formula is C21H29N5O2S. The van der Waals surface area contributed by atoms with Gasteiger partial charge in [0, 0.05) is 55.3 Å². The fourth-order valence-corrected chi connectivity index (χ4v) is 5.17. The Morgan fingerprint density at radius 3 is 2.76 bits per heavy atom. The van der Waals surface area contributed by atoms with Crippen molar-refractivity contribution in [3.05, 3.63) is 50.3 Å². The van der Waals surface area contributed by atoms with Gasteiger partial charge in [0.15, 0.2) is 0 Å². The Bertz CT molecular complexity index is 924. The normalized spacial score (nSPS) is 20.9. The second kappa shape index (κ2) is 8.38. The number of hydrogen-bond acceptors (Lipinski definition) is 6. The van der Waals surface area contributed by atoms with Gasteiger partial charge in [-0.1, -0.05) is 6.07 Å². The third kappa shape index (κ3) is 4.44. The first kappa shape index (κ1) is 20.3. The lowest BCUT2D eigenvalue weighted by Crippen LogP contribution is -2.51. The molecule has 156 valence electrons. The molecule has 4 rings (SSSR count). The largest absolute Gasteiger partial charge is 0.341 e. The first-order chi connectivity index (χ1) is 13.9. The van der Waals surface area contributed by atoms with Crippen LogP contribution >= 0.6 is 11.3 Å². The highest BCUT2D eigenvalue weighted by Crippen LogP contribution is 2.35. The number of likely N-dealkylation sites (tertiary alicyclic amines) is 1. The Hall–Kier alpha value is -2.03. The van der Waals surface area contributed by atoms with Crippen molar-refractivity contribution in [3.8, 4) is 0 Å². The number of carbonyl (C=O) groups is 1. The van der Waals surface area contributed by atoms with Crippen LogP contribution in [0, 0.1) is 5.92 Å². The van der Waals surface area contributed by atoms with Gasteiger partial charge in [-0.05, 0) is 39.5 Å². The lowest BCUT2D eigenvalue weighted by atomic mass is 9.83. The first-order valence-corrected chi connectivity index (χ1v) is 11.1. The van der Waals surface area contributed by atoms with E-state index in [1.165, 1.54) is 0 Å². The molecule has 2 aliphatic rings. The summed E-state index contributed by atoms with van der Waals surface area (Å²) in [4.78, 5) is 36.1. The van der Waals surface area contributed by atoms with Crippen LogP contribution in [0.1, 0.15) is 29.3 Å². The van der Waals surface area contributed by atoms with Crippen molar-refractivity contribution >= 4 is 17.2 Å². The van der Waals surface area contributed by atoms with Crippen LogP contribution in [-0.2, 0) is 24.4 Å². The van der Waals surface area contributed by atoms with Crippen LogP contribution in [0.3, 0.4) is 0 Å². The molecule has 1 saturated heterocycles. The van der Waals surface area contributed by atoms with Crippen molar-refractivity contribution < 1.29 is 4.79 Å². The number of aromatic nitrogens is 2. The second-order valence-corrected chi connectivity index (χ2v) is 9.41. The summed E-state index contributed by atoms with van der Waals surface area (Å²) in [5.74, 6) is 0.789. The van der Waals surface area contributed by atoms with Crippen molar-refractivity contribution in [2.24, 2.45) is 5.92 Å². The molecule has 29 heavy (non-hydrogen) atoms. The van der Waals surface area contributed by atoms with Crippen molar-refractivity contribution in [2.45, 2.75) is 32.0 Å². The van der Waals surface area contributed by atoms with Gasteiger partial charge in [-0.3, -0.25) is 14.5 Å². The first-order valence-electron chi connectivity index (χ1n) is 10.1. The Morgan fingerprint density at radius 1 is 1.21 bits per heavy atom. The van der Waals surface area contributed by atoms with Crippen LogP contribution in [-0.4, -0.2) is 70.9 Å². The summed E-state index contributed by atoms with van der Waals surface area (Å²) in [6.45, 7) is 3.96. The molecular weight excluding hydrogens is 386 g/mol. The van der Waals surface area contributed by atoms with Crippen molar-refractivity contribution in [1.29, 1.82) is 0 Å². The molecule has 2 atom stereocenters. The van der Waals surface area contributed by atoms with Crippen LogP contribution in [0.15, 0.2) is 27.8 Å². The predicted molar refractivity (Wildman–Crippen MR) is 114 cm³/mol. The number of rotatable bonds is 6. The van der Waals surface area contributed by atoms with Gasteiger partial charge in [-0.2, -0.15) is 0 Å². The maximum atomic E-state index is 13.2. The number of carbonyl (C=O) groups excluding carboxylic acids is 1. The minimum atomic E-state index is 0.121. The highest BCUT2D eigenvalue weighted by Gasteiger charge is 2.36. The zero-order valence-electron chi connectivity index (χ0n) is 17.4. The van der Waals surface area contributed by atoms with E-state index < -0.39 is 0 Å². The van der Waals surface area contributed by atoms with Crippen LogP contribution in [0.5, 0.6) is 0 Å². The Balaban J connectivity index is 1.50. The van der Waals surface area contributed by atoms with E-state index in [2.05, 4.69) is 16.0 Å². The van der Waals surface area contributed by atoms with Gasteiger partial charge >= 0.3 is 0 Å². The molecule has 0 saturated carbocycles. The molecule has 0 aliphatic carbocycles. The molecule has 2 aromatic rings. The molecule has 0 spiro atoms. The van der Waals surface area contributed by atoms with Gasteiger partial charge in [-0.15, -0.1) is 11.3 Å². The Morgan fingerprint density at radius 2 is 2.03 bits per heavy atom. The molecule has 2 bridgehead atoms. The smallest absolute Gasteiger partial charge is 0.255 e. The molecule has 2 aromatic heterocycles. The third-order valence-corrected chi connectivity index (χ3v) is 6.48. The van der Waals surface area contributed by atoms with Crippen LogP contribution in [0.25, 0.3) is 0 Å². The summed E-state index contributed by atoms with van der Waals surface area (Å²) < 4.78 is 1.97. The lowest BCUT2D eigenvalue weighted by Gasteiger charge is -2.43. The number of thiazole rings is 1. The molecule has 1 amide bonds. The van der Waals surface area contributed by atoms with Gasteiger partial charge in [-0.25, -0.2) is 4.98 Å². The van der Waals surface area contributed by atoms with Gasteiger partial charge in [0.1, 0.15) is 0 Å². The SMILES string of the molecule is CN(C)CC(=O)N1C[C@@H]2C[C@H](C1)c1ccc(CN(C)Cc3cscn3)c(=O)n1C2. The number of pyridine rings is 1. The van der Waals surface area contributed by atoms with E-state index in [0.717, 1.165) is 36.5 Å². The van der Waals surface area contributed by atoms with E-state index in [0.29, 0.717) is 32.1 Å². The van der Waals surface area contributed by atoms with Crippen molar-refractivity contribution in [1.82, 2.24) is 24.3 Å². The maximum absolute atomic E-state index is 13.2. The predicted octanol–water partition coefficient (Wildman–Crippen LogP) is 1.44. The van der Waals surface area contributed by atoms with Gasteiger partial charge < -0.3 is 14.4 Å². The van der Waals surface area contributed by atoms with Crippen LogP contribution < -0.4 is 5.56 Å². The van der Waals surface area contributed by atoms with Gasteiger partial charge in [0.25, 0.3) is 5.56 Å². The summed E-state index contributed by atoms with van der Waals surface area (Å²) in [7, 11) is 5.86. The standard InChI is InChI=1S/C21H29N5O2S/c1-23(2)12-20(27)25-7-15-6-17(10-25)19-5-4-16(21(28)26(19)8-15)9-24(3)11-18-13-29-14-22-18/h4-5,13-15,17H,6-12H2,1-3H3/t15-,17+/m0/s1. The fourth-order valence-electron chi connectivity index (χ4n) is 4.62. The lowest BCUT2D eigenvalue weighted by molar-refractivity contribution is -0.134. The van der Waals surface area contributed by atoms with E-state index in [4.69, 9.17) is 0 Å². The minimum absolute atomic E-state index is 0.121. The monoisotopic (exact) mass is 415 g/mol. The fraction of sp³-hybridized carbons (Fsp3) is 0.571. The van der Waals surface area contributed by atoms with Crippen molar-refractivity contribution in [3.63, 3.8) is 0 Å². The number of nitrogens with zero attached hydrogens (tertiary/aromatic N) is 5. The second-order valence-electron chi connectivity index (χ2n) is 8.69. The summed E-state index contributed by atoms with van der Waals surface area (Å²) in [5, 5.41) is 2.04. The topological polar surface area (TPSA) is 61.7 Å². The molecule has 0 radical (unpaired) electrons. The summed E-state index contributed by atoms with van der Waals surface area (Å²) >= 11 is 1.59. The van der Waals surface area contributed by atoms with E-state index in [9.17, 15) is 9.59 Å². The summed E-state index contributed by atoms with van der Waals surface area (Å²) in [6, 6.07) is 4.08. The highest BCUT2D eigenvalue weighted by molar-refractivity contribution is 7.07. The van der Waals surface area contributed by atoms with Gasteiger partial charge in [0.05, 0.1) is 17.7 Å². The number of piperidine rings is 1. The quantitative estimate of drug-likeness (QED) is 0.715. The Labute approximate surface area is 175 Å². The zero-order valence-corrected chi connectivity index (χ0v) is 18.2. The summed E-state index contributed by atoms with van der Waals surface area (Å²) in [5.41, 5.74) is 4.90. The van der Waals surface area contributed by atoms with Gasteiger partial charge in [0.2, 0.25) is 5.91 Å². The van der Waals surface area contributed by atoms with E-state index in [-0.39, 0.29) is 17.4 Å². The average Bonchev–Trinajstić information content (AvgIpc) is 3.16. The number of fused-ring (bicyclic) bond motifs is 4. The maximum Gasteiger partial charge on any atom is 0.255 e. The number of hydrogen-bond donors (Lipinski definition) is 0. The minimum Gasteiger partial charge on any atom is -0.341 e. The van der Waals surface area contributed by atoms with E-state index in [1.807, 2.05) is 52.5 Å². The molecule has 0 N–H and O–H groups in total. The Kier molecular flexibility index (Phi) is 5.85. The molecule has 0 aromatic carbocycles.